The average molecular weight is 417 g/mol. The molecule has 2 aliphatic heterocycles. The zero-order chi connectivity index (χ0) is 21.5. The molecule has 8 heteroatoms. The van der Waals surface area contributed by atoms with E-state index in [1.54, 1.807) is 18.2 Å². The van der Waals surface area contributed by atoms with Crippen LogP contribution in [-0.2, 0) is 6.18 Å². The van der Waals surface area contributed by atoms with Crippen molar-refractivity contribution in [2.45, 2.75) is 38.5 Å². The van der Waals surface area contributed by atoms with Crippen LogP contribution >= 0.6 is 0 Å². The minimum absolute atomic E-state index is 0.00280. The number of nitrogens with one attached hydrogen (secondary N) is 1. The quantitative estimate of drug-likeness (QED) is 0.784. The van der Waals surface area contributed by atoms with E-state index in [1.165, 1.54) is 12.1 Å². The third-order valence-electron chi connectivity index (χ3n) is 5.70. The van der Waals surface area contributed by atoms with E-state index in [0.29, 0.717) is 17.7 Å². The third kappa shape index (κ3) is 3.62. The van der Waals surface area contributed by atoms with Gasteiger partial charge in [0.25, 0.3) is 11.8 Å². The maximum absolute atomic E-state index is 12.9. The molecule has 1 atom stereocenters. The first-order valence-electron chi connectivity index (χ1n) is 10.00. The second-order valence-corrected chi connectivity index (χ2v) is 7.52. The smallest absolute Gasteiger partial charge is 0.351 e. The highest BCUT2D eigenvalue weighted by Crippen LogP contribution is 2.36. The Morgan fingerprint density at radius 1 is 1.13 bits per heavy atom. The molecule has 0 saturated carbocycles. The number of fused-ring (bicyclic) bond motifs is 2. The van der Waals surface area contributed by atoms with E-state index in [2.05, 4.69) is 10.2 Å². The van der Waals surface area contributed by atoms with Crippen molar-refractivity contribution in [1.29, 1.82) is 0 Å². The van der Waals surface area contributed by atoms with Crippen LogP contribution in [0.25, 0.3) is 0 Å². The zero-order valence-corrected chi connectivity index (χ0v) is 16.5. The maximum Gasteiger partial charge on any atom is 0.416 e. The Morgan fingerprint density at radius 2 is 1.87 bits per heavy atom. The number of amides is 2. The molecule has 4 rings (SSSR count). The molecular formula is C22H22F3N3O2. The van der Waals surface area contributed by atoms with Crippen LogP contribution in [0.3, 0.4) is 0 Å². The van der Waals surface area contributed by atoms with Gasteiger partial charge in [0.2, 0.25) is 0 Å². The molecule has 2 aromatic rings. The molecule has 5 nitrogen and oxygen atoms in total. The van der Waals surface area contributed by atoms with Crippen LogP contribution < -0.4 is 10.2 Å². The Balaban J connectivity index is 1.59. The number of anilines is 2. The van der Waals surface area contributed by atoms with E-state index >= 15 is 0 Å². The van der Waals surface area contributed by atoms with Crippen LogP contribution in [0, 0.1) is 0 Å². The molecular weight excluding hydrogens is 395 g/mol. The van der Waals surface area contributed by atoms with Gasteiger partial charge >= 0.3 is 6.18 Å². The molecule has 1 fully saturated rings. The number of rotatable bonds is 3. The molecule has 1 N–H and O–H groups in total. The van der Waals surface area contributed by atoms with Gasteiger partial charge in [-0.15, -0.1) is 0 Å². The molecule has 30 heavy (non-hydrogen) atoms. The van der Waals surface area contributed by atoms with E-state index in [0.717, 1.165) is 43.6 Å². The summed E-state index contributed by atoms with van der Waals surface area (Å²) < 4.78 is 38.1. The molecule has 2 heterocycles. The normalized spacial score (nSPS) is 18.7. The maximum atomic E-state index is 12.9. The van der Waals surface area contributed by atoms with Crippen molar-refractivity contribution in [3.05, 3.63) is 59.2 Å². The standard InChI is InChI=1S/C22H22F3N3O2/c1-2-27-18-13-14(6-11-17(18)21(30)28-12-4-3-5-19(27)28)20(29)26-16-9-7-15(8-10-16)22(23,24)25/h6-11,13,19H,2-5,12H2,1H3,(H,26,29)/t19-/m0/s1. The van der Waals surface area contributed by atoms with Crippen molar-refractivity contribution < 1.29 is 22.8 Å². The fourth-order valence-electron chi connectivity index (χ4n) is 4.21. The summed E-state index contributed by atoms with van der Waals surface area (Å²) in [6, 6.07) is 9.24. The average Bonchev–Trinajstić information content (AvgIpc) is 2.73. The Labute approximate surface area is 172 Å². The fourth-order valence-corrected chi connectivity index (χ4v) is 4.21. The molecule has 1 saturated heterocycles. The molecule has 0 aliphatic carbocycles. The van der Waals surface area contributed by atoms with E-state index in [4.69, 9.17) is 0 Å². The summed E-state index contributed by atoms with van der Waals surface area (Å²) in [5, 5.41) is 2.62. The van der Waals surface area contributed by atoms with Crippen LogP contribution in [0.15, 0.2) is 42.5 Å². The number of hydrogen-bond acceptors (Lipinski definition) is 3. The largest absolute Gasteiger partial charge is 0.416 e. The minimum atomic E-state index is -4.43. The molecule has 0 bridgehead atoms. The molecule has 2 aromatic carbocycles. The van der Waals surface area contributed by atoms with Gasteiger partial charge in [0.15, 0.2) is 0 Å². The lowest BCUT2D eigenvalue weighted by atomic mass is 9.97. The second kappa shape index (κ2) is 7.66. The second-order valence-electron chi connectivity index (χ2n) is 7.52. The van der Waals surface area contributed by atoms with Gasteiger partial charge in [0, 0.05) is 24.3 Å². The summed E-state index contributed by atoms with van der Waals surface area (Å²) in [6.45, 7) is 3.45. The number of hydrogen-bond donors (Lipinski definition) is 1. The summed E-state index contributed by atoms with van der Waals surface area (Å²) in [4.78, 5) is 29.6. The number of halogens is 3. The Kier molecular flexibility index (Phi) is 5.17. The van der Waals surface area contributed by atoms with Crippen molar-refractivity contribution in [3.63, 3.8) is 0 Å². The Bertz CT molecular complexity index is 973. The van der Waals surface area contributed by atoms with Crippen LogP contribution in [0.5, 0.6) is 0 Å². The van der Waals surface area contributed by atoms with E-state index in [9.17, 15) is 22.8 Å². The van der Waals surface area contributed by atoms with Gasteiger partial charge in [-0.3, -0.25) is 9.59 Å². The van der Waals surface area contributed by atoms with Gasteiger partial charge in [0.1, 0.15) is 6.17 Å². The summed E-state index contributed by atoms with van der Waals surface area (Å²) >= 11 is 0. The molecule has 2 amide bonds. The molecule has 0 aromatic heterocycles. The highest BCUT2D eigenvalue weighted by Gasteiger charge is 2.38. The molecule has 0 radical (unpaired) electrons. The van der Waals surface area contributed by atoms with Crippen LogP contribution in [0.1, 0.15) is 52.5 Å². The Hall–Kier alpha value is -3.03. The van der Waals surface area contributed by atoms with E-state index in [1.807, 2.05) is 11.8 Å². The SMILES string of the molecule is CCN1c2cc(C(=O)Nc3ccc(C(F)(F)F)cc3)ccc2C(=O)N2CCCC[C@H]21. The topological polar surface area (TPSA) is 52.7 Å². The van der Waals surface area contributed by atoms with Crippen molar-refractivity contribution in [3.8, 4) is 0 Å². The number of alkyl halides is 3. The number of carbonyl (C=O) groups is 2. The summed E-state index contributed by atoms with van der Waals surface area (Å²) in [5.74, 6) is -0.457. The minimum Gasteiger partial charge on any atom is -0.351 e. The zero-order valence-electron chi connectivity index (χ0n) is 16.5. The van der Waals surface area contributed by atoms with Crippen LogP contribution in [0.4, 0.5) is 24.5 Å². The lowest BCUT2D eigenvalue weighted by Crippen LogP contribution is -2.57. The van der Waals surface area contributed by atoms with Crippen LogP contribution in [-0.4, -0.2) is 36.0 Å². The monoisotopic (exact) mass is 417 g/mol. The van der Waals surface area contributed by atoms with Gasteiger partial charge in [-0.25, -0.2) is 0 Å². The van der Waals surface area contributed by atoms with Gasteiger partial charge < -0.3 is 15.1 Å². The number of nitrogens with zero attached hydrogens (tertiary/aromatic N) is 2. The van der Waals surface area contributed by atoms with Crippen molar-refractivity contribution in [1.82, 2.24) is 4.90 Å². The third-order valence-corrected chi connectivity index (χ3v) is 5.70. The summed E-state index contributed by atoms with van der Waals surface area (Å²) in [6.07, 6.45) is -1.50. The summed E-state index contributed by atoms with van der Waals surface area (Å²) in [5.41, 5.74) is 1.15. The number of carbonyl (C=O) groups excluding carboxylic acids is 2. The lowest BCUT2D eigenvalue weighted by Gasteiger charge is -2.47. The molecule has 2 aliphatic rings. The first-order chi connectivity index (χ1) is 14.3. The molecule has 0 unspecified atom stereocenters. The van der Waals surface area contributed by atoms with Gasteiger partial charge in [0.05, 0.1) is 16.8 Å². The predicted molar refractivity (Wildman–Crippen MR) is 108 cm³/mol. The van der Waals surface area contributed by atoms with Gasteiger partial charge in [-0.05, 0) is 68.7 Å². The van der Waals surface area contributed by atoms with E-state index in [-0.39, 0.29) is 17.8 Å². The first kappa shape index (κ1) is 20.3. The molecule has 0 spiro atoms. The van der Waals surface area contributed by atoms with Crippen molar-refractivity contribution >= 4 is 23.2 Å². The lowest BCUT2D eigenvalue weighted by molar-refractivity contribution is -0.137. The van der Waals surface area contributed by atoms with Crippen LogP contribution in [0.2, 0.25) is 0 Å². The highest BCUT2D eigenvalue weighted by atomic mass is 19.4. The Morgan fingerprint density at radius 3 is 2.53 bits per heavy atom. The number of piperidine rings is 1. The fraction of sp³-hybridized carbons (Fsp3) is 0.364. The van der Waals surface area contributed by atoms with Gasteiger partial charge in [-0.1, -0.05) is 0 Å². The molecule has 158 valence electrons. The number of benzene rings is 2. The van der Waals surface area contributed by atoms with Crippen molar-refractivity contribution in [2.24, 2.45) is 0 Å². The predicted octanol–water partition coefficient (Wildman–Crippen LogP) is 4.75. The van der Waals surface area contributed by atoms with E-state index < -0.39 is 17.6 Å². The van der Waals surface area contributed by atoms with Crippen molar-refractivity contribution in [2.75, 3.05) is 23.3 Å². The summed E-state index contributed by atoms with van der Waals surface area (Å²) in [7, 11) is 0. The first-order valence-corrected chi connectivity index (χ1v) is 10.00. The van der Waals surface area contributed by atoms with Gasteiger partial charge in [-0.2, -0.15) is 13.2 Å². The highest BCUT2D eigenvalue weighted by molar-refractivity contribution is 6.08.